The minimum atomic E-state index is 0.495. The van der Waals surface area contributed by atoms with Crippen molar-refractivity contribution in [3.05, 3.63) is 10.6 Å². The standard InChI is InChI=1S/C10H17Cl2N/c1-10(2)4-3-9(5-10)13-7-8(12)6-11/h6,9,13H,3-5,7H2,1-2H3/b8-6-. The Labute approximate surface area is 90.5 Å². The van der Waals surface area contributed by atoms with Crippen LogP contribution in [0.1, 0.15) is 33.1 Å². The van der Waals surface area contributed by atoms with Gasteiger partial charge in [0.05, 0.1) is 0 Å². The van der Waals surface area contributed by atoms with E-state index in [1.807, 2.05) is 0 Å². The third-order valence-electron chi connectivity index (χ3n) is 2.65. The van der Waals surface area contributed by atoms with Gasteiger partial charge in [-0.2, -0.15) is 0 Å². The molecule has 1 rings (SSSR count). The van der Waals surface area contributed by atoms with Crippen molar-refractivity contribution in [1.29, 1.82) is 0 Å². The molecule has 0 bridgehead atoms. The van der Waals surface area contributed by atoms with Crippen LogP contribution in [0.5, 0.6) is 0 Å². The Morgan fingerprint density at radius 3 is 2.77 bits per heavy atom. The topological polar surface area (TPSA) is 12.0 Å². The van der Waals surface area contributed by atoms with Gasteiger partial charge in [-0.05, 0) is 24.7 Å². The molecule has 1 atom stereocenters. The maximum absolute atomic E-state index is 5.78. The largest absolute Gasteiger partial charge is 0.309 e. The van der Waals surface area contributed by atoms with Gasteiger partial charge in [0.1, 0.15) is 0 Å². The first-order valence-corrected chi connectivity index (χ1v) is 5.53. The summed E-state index contributed by atoms with van der Waals surface area (Å²) in [5, 5.41) is 4.09. The zero-order valence-electron chi connectivity index (χ0n) is 8.24. The van der Waals surface area contributed by atoms with E-state index in [0.29, 0.717) is 23.0 Å². The first-order valence-electron chi connectivity index (χ1n) is 4.72. The lowest BCUT2D eigenvalue weighted by Gasteiger charge is -2.17. The van der Waals surface area contributed by atoms with Crippen LogP contribution in [0, 0.1) is 5.41 Å². The van der Waals surface area contributed by atoms with Gasteiger partial charge in [-0.3, -0.25) is 0 Å². The first kappa shape index (κ1) is 11.4. The Kier molecular flexibility index (Phi) is 4.08. The lowest BCUT2D eigenvalue weighted by atomic mass is 9.92. The van der Waals surface area contributed by atoms with E-state index in [9.17, 15) is 0 Å². The smallest absolute Gasteiger partial charge is 0.0431 e. The predicted octanol–water partition coefficient (Wildman–Crippen LogP) is 3.47. The normalized spacial score (nSPS) is 28.0. The SMILES string of the molecule is CC1(C)CCC(NC/C(Cl)=C/Cl)C1. The Bertz CT molecular complexity index is 199. The Hall–Kier alpha value is 0.280. The van der Waals surface area contributed by atoms with E-state index < -0.39 is 0 Å². The molecule has 1 saturated carbocycles. The van der Waals surface area contributed by atoms with Crippen LogP contribution < -0.4 is 5.32 Å². The molecule has 0 spiro atoms. The lowest BCUT2D eigenvalue weighted by molar-refractivity contribution is 0.367. The van der Waals surface area contributed by atoms with Gasteiger partial charge < -0.3 is 5.32 Å². The highest BCUT2D eigenvalue weighted by atomic mass is 35.5. The van der Waals surface area contributed by atoms with Gasteiger partial charge in [-0.1, -0.05) is 37.0 Å². The fraction of sp³-hybridized carbons (Fsp3) is 0.800. The van der Waals surface area contributed by atoms with Gasteiger partial charge in [-0.15, -0.1) is 0 Å². The number of halogens is 2. The Morgan fingerprint density at radius 1 is 1.62 bits per heavy atom. The minimum Gasteiger partial charge on any atom is -0.309 e. The van der Waals surface area contributed by atoms with Crippen LogP contribution >= 0.6 is 23.2 Å². The first-order chi connectivity index (χ1) is 6.03. The molecule has 1 nitrogen and oxygen atoms in total. The number of hydrogen-bond acceptors (Lipinski definition) is 1. The Morgan fingerprint density at radius 2 is 2.31 bits per heavy atom. The van der Waals surface area contributed by atoms with Gasteiger partial charge >= 0.3 is 0 Å². The molecule has 0 aromatic heterocycles. The fourth-order valence-electron chi connectivity index (χ4n) is 1.89. The molecule has 0 radical (unpaired) electrons. The van der Waals surface area contributed by atoms with Crippen molar-refractivity contribution in [2.45, 2.75) is 39.2 Å². The zero-order chi connectivity index (χ0) is 9.90. The monoisotopic (exact) mass is 221 g/mol. The molecule has 0 saturated heterocycles. The van der Waals surface area contributed by atoms with E-state index >= 15 is 0 Å². The van der Waals surface area contributed by atoms with E-state index in [-0.39, 0.29) is 0 Å². The van der Waals surface area contributed by atoms with Crippen molar-refractivity contribution in [1.82, 2.24) is 5.32 Å². The molecule has 0 heterocycles. The summed E-state index contributed by atoms with van der Waals surface area (Å²) < 4.78 is 0. The molecule has 76 valence electrons. The maximum Gasteiger partial charge on any atom is 0.0431 e. The van der Waals surface area contributed by atoms with Gasteiger partial charge in [0.25, 0.3) is 0 Å². The van der Waals surface area contributed by atoms with E-state index in [1.54, 1.807) is 0 Å². The summed E-state index contributed by atoms with van der Waals surface area (Å²) in [4.78, 5) is 0. The molecule has 1 fully saturated rings. The van der Waals surface area contributed by atoms with Crippen LogP contribution in [-0.2, 0) is 0 Å². The van der Waals surface area contributed by atoms with Crippen molar-refractivity contribution in [3.63, 3.8) is 0 Å². The van der Waals surface area contributed by atoms with Gasteiger partial charge in [0, 0.05) is 23.2 Å². The average Bonchev–Trinajstić information content (AvgIpc) is 2.41. The Balaban J connectivity index is 2.25. The molecule has 1 aliphatic rings. The van der Waals surface area contributed by atoms with Crippen LogP contribution in [-0.4, -0.2) is 12.6 Å². The molecular formula is C10H17Cl2N. The second kappa shape index (κ2) is 4.68. The quantitative estimate of drug-likeness (QED) is 0.770. The molecular weight excluding hydrogens is 205 g/mol. The third kappa shape index (κ3) is 3.88. The van der Waals surface area contributed by atoms with Gasteiger partial charge in [-0.25, -0.2) is 0 Å². The van der Waals surface area contributed by atoms with Crippen LogP contribution in [0.4, 0.5) is 0 Å². The lowest BCUT2D eigenvalue weighted by Crippen LogP contribution is -2.28. The average molecular weight is 222 g/mol. The fourth-order valence-corrected chi connectivity index (χ4v) is 2.05. The van der Waals surface area contributed by atoms with Crippen molar-refractivity contribution >= 4 is 23.2 Å². The van der Waals surface area contributed by atoms with Crippen molar-refractivity contribution in [2.75, 3.05) is 6.54 Å². The summed E-state index contributed by atoms with van der Waals surface area (Å²) in [6.07, 6.45) is 3.78. The van der Waals surface area contributed by atoms with Gasteiger partial charge in [0.15, 0.2) is 0 Å². The van der Waals surface area contributed by atoms with Gasteiger partial charge in [0.2, 0.25) is 0 Å². The predicted molar refractivity (Wildman–Crippen MR) is 59.2 cm³/mol. The summed E-state index contributed by atoms with van der Waals surface area (Å²) in [5.41, 5.74) is 1.92. The number of hydrogen-bond donors (Lipinski definition) is 1. The highest BCUT2D eigenvalue weighted by Crippen LogP contribution is 2.36. The molecule has 3 heteroatoms. The summed E-state index contributed by atoms with van der Waals surface area (Å²) in [6.45, 7) is 5.33. The molecule has 1 unspecified atom stereocenters. The second-order valence-corrected chi connectivity index (χ2v) is 5.24. The van der Waals surface area contributed by atoms with Crippen LogP contribution in [0.3, 0.4) is 0 Å². The van der Waals surface area contributed by atoms with Crippen LogP contribution in [0.25, 0.3) is 0 Å². The van der Waals surface area contributed by atoms with E-state index in [1.165, 1.54) is 24.8 Å². The summed E-state index contributed by atoms with van der Waals surface area (Å²) in [7, 11) is 0. The maximum atomic E-state index is 5.78. The number of nitrogens with one attached hydrogen (secondary N) is 1. The van der Waals surface area contributed by atoms with Crippen molar-refractivity contribution in [2.24, 2.45) is 5.41 Å². The zero-order valence-corrected chi connectivity index (χ0v) is 9.75. The molecule has 0 aromatic rings. The molecule has 0 aliphatic heterocycles. The molecule has 13 heavy (non-hydrogen) atoms. The molecule has 1 aliphatic carbocycles. The molecule has 1 N–H and O–H groups in total. The summed E-state index contributed by atoms with van der Waals surface area (Å²) in [5.74, 6) is 0. The summed E-state index contributed by atoms with van der Waals surface area (Å²) >= 11 is 11.2. The molecule has 0 amide bonds. The third-order valence-corrected chi connectivity index (χ3v) is 3.26. The summed E-state index contributed by atoms with van der Waals surface area (Å²) in [6, 6.07) is 0.611. The van der Waals surface area contributed by atoms with Crippen molar-refractivity contribution in [3.8, 4) is 0 Å². The van der Waals surface area contributed by atoms with Crippen molar-refractivity contribution < 1.29 is 0 Å². The number of rotatable bonds is 3. The van der Waals surface area contributed by atoms with E-state index in [4.69, 9.17) is 23.2 Å². The molecule has 0 aromatic carbocycles. The minimum absolute atomic E-state index is 0.495. The highest BCUT2D eigenvalue weighted by Gasteiger charge is 2.30. The highest BCUT2D eigenvalue weighted by molar-refractivity contribution is 6.36. The van der Waals surface area contributed by atoms with Crippen LogP contribution in [0.2, 0.25) is 0 Å². The second-order valence-electron chi connectivity index (χ2n) is 4.54. The van der Waals surface area contributed by atoms with E-state index in [0.717, 1.165) is 0 Å². The van der Waals surface area contributed by atoms with Crippen LogP contribution in [0.15, 0.2) is 10.6 Å². The van der Waals surface area contributed by atoms with E-state index in [2.05, 4.69) is 19.2 Å².